The van der Waals surface area contributed by atoms with Gasteiger partial charge in [0.05, 0.1) is 17.2 Å². The average molecular weight is 571 g/mol. The van der Waals surface area contributed by atoms with E-state index in [2.05, 4.69) is 0 Å². The summed E-state index contributed by atoms with van der Waals surface area (Å²) < 4.78 is 53.8. The molecule has 0 spiro atoms. The van der Waals surface area contributed by atoms with Crippen LogP contribution in [0, 0.1) is 0 Å². The normalized spacial score (nSPS) is 20.9. The number of piperidine rings is 1. The van der Waals surface area contributed by atoms with Crippen LogP contribution in [0.5, 0.6) is 5.75 Å². The van der Waals surface area contributed by atoms with Gasteiger partial charge in [-0.1, -0.05) is 6.92 Å². The highest BCUT2D eigenvalue weighted by atomic mass is 19.4. The van der Waals surface area contributed by atoms with Crippen molar-refractivity contribution in [3.8, 4) is 5.75 Å². The van der Waals surface area contributed by atoms with E-state index in [1.807, 2.05) is 0 Å². The van der Waals surface area contributed by atoms with Gasteiger partial charge < -0.3 is 19.3 Å². The average Bonchev–Trinajstić information content (AvgIpc) is 2.83. The maximum Gasteiger partial charge on any atom is 0.417 e. The highest BCUT2D eigenvalue weighted by molar-refractivity contribution is 5.98. The highest BCUT2D eigenvalue weighted by Crippen LogP contribution is 2.41. The summed E-state index contributed by atoms with van der Waals surface area (Å²) in [7, 11) is 0. The molecule has 222 valence electrons. The maximum absolute atomic E-state index is 14.2. The van der Waals surface area contributed by atoms with Crippen molar-refractivity contribution >= 4 is 23.9 Å². The van der Waals surface area contributed by atoms with Crippen LogP contribution in [0.2, 0.25) is 0 Å². The summed E-state index contributed by atoms with van der Waals surface area (Å²) in [4.78, 5) is 58.3. The van der Waals surface area contributed by atoms with Gasteiger partial charge in [-0.2, -0.15) is 22.8 Å². The van der Waals surface area contributed by atoms with Crippen LogP contribution >= 0.6 is 0 Å². The lowest BCUT2D eigenvalue weighted by Crippen LogP contribution is -2.54. The summed E-state index contributed by atoms with van der Waals surface area (Å²) in [5.41, 5.74) is -3.27. The van der Waals surface area contributed by atoms with Gasteiger partial charge in [-0.25, -0.2) is 4.79 Å². The second kappa shape index (κ2) is 12.4. The van der Waals surface area contributed by atoms with E-state index < -0.39 is 52.6 Å². The van der Waals surface area contributed by atoms with Crippen molar-refractivity contribution in [2.75, 3.05) is 13.1 Å². The van der Waals surface area contributed by atoms with E-state index in [4.69, 9.17) is 19.1 Å². The second-order valence-corrected chi connectivity index (χ2v) is 11.4. The van der Waals surface area contributed by atoms with E-state index in [1.54, 1.807) is 48.5 Å². The first-order chi connectivity index (χ1) is 18.4. The Kier molecular flexibility index (Phi) is 10.2. The number of fused-ring (bicyclic) bond motifs is 1. The molecule has 2 aliphatic heterocycles. The van der Waals surface area contributed by atoms with Crippen molar-refractivity contribution in [1.82, 2.24) is 9.80 Å². The van der Waals surface area contributed by atoms with Crippen LogP contribution in [0.3, 0.4) is 0 Å². The SMILES string of the molecule is CCC1(C)Oc2cc(C(F)(F)F)c(C(=O)N(C(C)C)[C@@H]3CCCN(C(=O)OC(C)(C)C)C3)cc2CC1=O.O=C=O. The van der Waals surface area contributed by atoms with Crippen LogP contribution in [-0.2, 0) is 31.7 Å². The number of rotatable bonds is 4. The number of benzene rings is 1. The predicted molar refractivity (Wildman–Crippen MR) is 137 cm³/mol. The Morgan fingerprint density at radius 1 is 1.23 bits per heavy atom. The van der Waals surface area contributed by atoms with Gasteiger partial charge in [0.15, 0.2) is 11.4 Å². The number of amides is 2. The molecule has 2 aliphatic rings. The molecule has 2 atom stereocenters. The molecule has 0 N–H and O–H groups in total. The Morgan fingerprint density at radius 2 is 1.82 bits per heavy atom. The van der Waals surface area contributed by atoms with Crippen LogP contribution in [0.4, 0.5) is 18.0 Å². The molecule has 9 nitrogen and oxygen atoms in total. The number of ketones is 1. The Labute approximate surface area is 232 Å². The Balaban J connectivity index is 0.00000178. The van der Waals surface area contributed by atoms with E-state index in [-0.39, 0.29) is 36.2 Å². The van der Waals surface area contributed by atoms with Crippen LogP contribution in [0.1, 0.15) is 89.2 Å². The zero-order chi connectivity index (χ0) is 30.6. The van der Waals surface area contributed by atoms with Gasteiger partial charge >= 0.3 is 18.4 Å². The zero-order valence-electron chi connectivity index (χ0n) is 23.9. The largest absolute Gasteiger partial charge is 0.479 e. The summed E-state index contributed by atoms with van der Waals surface area (Å²) in [5.74, 6) is -1.07. The van der Waals surface area contributed by atoms with Crippen molar-refractivity contribution < 1.29 is 46.6 Å². The van der Waals surface area contributed by atoms with Crippen LogP contribution in [0.25, 0.3) is 0 Å². The van der Waals surface area contributed by atoms with Gasteiger partial charge in [0.25, 0.3) is 5.91 Å². The number of carbonyl (C=O) groups excluding carboxylic acids is 5. The molecular formula is C28H37F3N2O7. The minimum atomic E-state index is -4.81. The summed E-state index contributed by atoms with van der Waals surface area (Å²) in [6, 6.07) is 1.06. The lowest BCUT2D eigenvalue weighted by Gasteiger charge is -2.42. The van der Waals surface area contributed by atoms with Crippen LogP contribution in [-0.4, -0.2) is 70.1 Å². The van der Waals surface area contributed by atoms with Crippen molar-refractivity contribution in [1.29, 1.82) is 0 Å². The lowest BCUT2D eigenvalue weighted by molar-refractivity contribution is -0.191. The Hall–Kier alpha value is -3.40. The second-order valence-electron chi connectivity index (χ2n) is 11.4. The number of ether oxygens (including phenoxy) is 2. The number of halogens is 3. The summed E-state index contributed by atoms with van der Waals surface area (Å²) in [6.45, 7) is 12.6. The number of nitrogens with zero attached hydrogens (tertiary/aromatic N) is 2. The predicted octanol–water partition coefficient (Wildman–Crippen LogP) is 5.04. The number of hydrogen-bond donors (Lipinski definition) is 0. The van der Waals surface area contributed by atoms with E-state index in [9.17, 15) is 27.6 Å². The van der Waals surface area contributed by atoms with Gasteiger partial charge in [0.2, 0.25) is 0 Å². The summed E-state index contributed by atoms with van der Waals surface area (Å²) in [6.07, 6.45) is -3.78. The molecule has 2 amide bonds. The highest BCUT2D eigenvalue weighted by Gasteiger charge is 2.44. The number of carbonyl (C=O) groups is 3. The fourth-order valence-corrected chi connectivity index (χ4v) is 4.83. The number of likely N-dealkylation sites (tertiary alicyclic amines) is 1. The topological polar surface area (TPSA) is 110 Å². The van der Waals surface area contributed by atoms with Crippen molar-refractivity contribution in [2.45, 2.75) is 104 Å². The van der Waals surface area contributed by atoms with Gasteiger partial charge in [-0.05, 0) is 72.9 Å². The zero-order valence-corrected chi connectivity index (χ0v) is 23.9. The smallest absolute Gasteiger partial charge is 0.417 e. The molecule has 1 aromatic carbocycles. The van der Waals surface area contributed by atoms with Gasteiger partial charge in [-0.3, -0.25) is 9.59 Å². The first-order valence-electron chi connectivity index (χ1n) is 13.1. The first kappa shape index (κ1) is 32.8. The fourth-order valence-electron chi connectivity index (χ4n) is 4.83. The standard InChI is InChI=1S/C27H37F3N2O5.CO2/c1-8-26(7)22(33)13-17-12-19(20(27(28,29)30)14-21(17)36-26)23(34)32(16(2)3)18-10-9-11-31(15-18)24(35)37-25(4,5)6;2-1-3/h12,14,16,18H,8-11,13,15H2,1-7H3;/t18-,26?;/m1./s1. The first-order valence-corrected chi connectivity index (χ1v) is 13.1. The molecule has 1 fully saturated rings. The van der Waals surface area contributed by atoms with Crippen molar-refractivity contribution in [3.63, 3.8) is 0 Å². The van der Waals surface area contributed by atoms with E-state index in [1.165, 1.54) is 9.80 Å². The molecule has 0 bridgehead atoms. The van der Waals surface area contributed by atoms with Crippen LogP contribution in [0.15, 0.2) is 12.1 Å². The monoisotopic (exact) mass is 570 g/mol. The number of Topliss-reactive ketones (excluding diaryl/α,β-unsaturated/α-hetero) is 1. The third-order valence-electron chi connectivity index (χ3n) is 6.92. The van der Waals surface area contributed by atoms with E-state index >= 15 is 0 Å². The molecule has 12 heteroatoms. The third kappa shape index (κ3) is 7.62. The molecule has 0 saturated carbocycles. The third-order valence-corrected chi connectivity index (χ3v) is 6.92. The molecule has 1 saturated heterocycles. The molecule has 0 radical (unpaired) electrons. The quantitative estimate of drug-likeness (QED) is 0.499. The molecule has 2 heterocycles. The molecule has 1 unspecified atom stereocenters. The van der Waals surface area contributed by atoms with Crippen molar-refractivity contribution in [3.05, 3.63) is 28.8 Å². The fraction of sp³-hybridized carbons (Fsp3) is 0.643. The molecule has 0 aromatic heterocycles. The Bertz CT molecular complexity index is 1150. The van der Waals surface area contributed by atoms with Crippen LogP contribution < -0.4 is 4.74 Å². The molecule has 1 aromatic rings. The lowest BCUT2D eigenvalue weighted by atomic mass is 9.87. The van der Waals surface area contributed by atoms with E-state index in [0.717, 1.165) is 12.1 Å². The van der Waals surface area contributed by atoms with E-state index in [0.29, 0.717) is 25.8 Å². The minimum absolute atomic E-state index is 0.0299. The summed E-state index contributed by atoms with van der Waals surface area (Å²) in [5, 5.41) is 0. The number of hydrogen-bond acceptors (Lipinski definition) is 7. The number of alkyl halides is 3. The van der Waals surface area contributed by atoms with Gasteiger partial charge in [0.1, 0.15) is 11.4 Å². The van der Waals surface area contributed by atoms with Crippen molar-refractivity contribution in [2.24, 2.45) is 0 Å². The maximum atomic E-state index is 14.2. The van der Waals surface area contributed by atoms with Gasteiger partial charge in [0, 0.05) is 31.1 Å². The molecule has 40 heavy (non-hydrogen) atoms. The summed E-state index contributed by atoms with van der Waals surface area (Å²) >= 11 is 0. The molecule has 0 aliphatic carbocycles. The minimum Gasteiger partial charge on any atom is -0.479 e. The Morgan fingerprint density at radius 3 is 2.33 bits per heavy atom. The molecular weight excluding hydrogens is 533 g/mol. The molecule has 3 rings (SSSR count). The van der Waals surface area contributed by atoms with Gasteiger partial charge in [-0.15, -0.1) is 0 Å².